The first kappa shape index (κ1) is 31.6. The van der Waals surface area contributed by atoms with Crippen molar-refractivity contribution in [2.24, 2.45) is 5.92 Å². The van der Waals surface area contributed by atoms with Gasteiger partial charge in [-0.25, -0.2) is 0 Å². The normalized spacial score (nSPS) is 13.0. The third-order valence-corrected chi connectivity index (χ3v) is 12.6. The van der Waals surface area contributed by atoms with Gasteiger partial charge in [-0.3, -0.25) is 0 Å². The number of fused-ring (bicyclic) bond motifs is 6. The maximum absolute atomic E-state index is 8.44. The summed E-state index contributed by atoms with van der Waals surface area (Å²) in [7, 11) is 0. The zero-order chi connectivity index (χ0) is 35.8. The van der Waals surface area contributed by atoms with E-state index in [2.05, 4.69) is 100 Å². The van der Waals surface area contributed by atoms with Gasteiger partial charge in [0.15, 0.2) is 0 Å². The van der Waals surface area contributed by atoms with E-state index < -0.39 is 25.5 Å². The van der Waals surface area contributed by atoms with Gasteiger partial charge in [-0.05, 0) is 40.2 Å². The summed E-state index contributed by atoms with van der Waals surface area (Å²) in [6.07, 6.45) is 2.29. The number of hydrogen-bond donors (Lipinski definition) is 0. The molecule has 7 aromatic rings. The second kappa shape index (κ2) is 15.3. The molecule has 0 saturated heterocycles. The Hall–Kier alpha value is -3.63. The zero-order valence-electron chi connectivity index (χ0n) is 31.8. The van der Waals surface area contributed by atoms with Crippen LogP contribution in [0, 0.1) is 18.1 Å². The summed E-state index contributed by atoms with van der Waals surface area (Å²) < 4.78 is 26.6. The fourth-order valence-electron chi connectivity index (χ4n) is 6.16. The summed E-state index contributed by atoms with van der Waals surface area (Å²) in [5, 5.41) is 7.23. The molecule has 1 radical (unpaired) electrons. The van der Waals surface area contributed by atoms with Crippen LogP contribution in [0.3, 0.4) is 0 Å². The fourth-order valence-corrected chi connectivity index (χ4v) is 9.48. The third-order valence-electron chi connectivity index (χ3n) is 8.40. The number of aromatic nitrogens is 2. The average Bonchev–Trinajstić information content (AvgIpc) is 3.11. The molecule has 7 rings (SSSR count). The minimum atomic E-state index is -2.03. The molecule has 2 nitrogen and oxygen atoms in total. The quantitative estimate of drug-likeness (QED) is 0.0945. The van der Waals surface area contributed by atoms with Crippen LogP contribution in [0.25, 0.3) is 54.8 Å². The van der Waals surface area contributed by atoms with Crippen molar-refractivity contribution in [2.45, 2.75) is 57.2 Å². The van der Waals surface area contributed by atoms with E-state index in [1.807, 2.05) is 70.3 Å². The van der Waals surface area contributed by atoms with Crippen LogP contribution < -0.4 is 4.40 Å². The van der Waals surface area contributed by atoms with Crippen molar-refractivity contribution in [3.8, 4) is 22.5 Å². The SMILES string of the molecule is [2H]C(C)(C)c1cc(-c2[c-]cccc2)nc[c]1[Ge]([CH3])([CH3])[CH3].[2H]C([2H])(c1ccnc(-c2[c-]cc3c4ccccc4c4ccccc4c3c2)c1)C(C)C.[Ir]. The molecular formula is C44H44GeIrN2-2. The molecule has 245 valence electrons. The van der Waals surface area contributed by atoms with Gasteiger partial charge in [-0.2, -0.15) is 0 Å². The second-order valence-electron chi connectivity index (χ2n) is 13.6. The van der Waals surface area contributed by atoms with E-state index in [4.69, 9.17) is 4.11 Å². The Kier molecular flexibility index (Phi) is 10.1. The number of pyridine rings is 2. The minimum absolute atomic E-state index is 0. The summed E-state index contributed by atoms with van der Waals surface area (Å²) in [5.41, 5.74) is 5.30. The van der Waals surface area contributed by atoms with Crippen molar-refractivity contribution in [1.29, 1.82) is 0 Å². The Morgan fingerprint density at radius 1 is 0.688 bits per heavy atom. The third kappa shape index (κ3) is 7.81. The van der Waals surface area contributed by atoms with Crippen LogP contribution in [-0.4, -0.2) is 23.2 Å². The van der Waals surface area contributed by atoms with E-state index in [1.54, 1.807) is 12.3 Å². The predicted octanol–water partition coefficient (Wildman–Crippen LogP) is 11.4. The Morgan fingerprint density at radius 2 is 1.29 bits per heavy atom. The van der Waals surface area contributed by atoms with E-state index in [1.165, 1.54) is 31.3 Å². The van der Waals surface area contributed by atoms with Gasteiger partial charge in [0.1, 0.15) is 0 Å². The number of nitrogens with zero attached hydrogens (tertiary/aromatic N) is 2. The van der Waals surface area contributed by atoms with Gasteiger partial charge in [-0.1, -0.05) is 90.2 Å². The van der Waals surface area contributed by atoms with Crippen LogP contribution >= 0.6 is 0 Å². The summed E-state index contributed by atoms with van der Waals surface area (Å²) in [5.74, 6) is 6.32. The van der Waals surface area contributed by atoms with Crippen molar-refractivity contribution in [3.63, 3.8) is 0 Å². The first-order valence-corrected chi connectivity index (χ1v) is 23.7. The predicted molar refractivity (Wildman–Crippen MR) is 205 cm³/mol. The molecule has 2 heterocycles. The molecule has 2 aromatic heterocycles. The molecule has 0 aliphatic carbocycles. The number of benzene rings is 5. The van der Waals surface area contributed by atoms with Crippen molar-refractivity contribution in [3.05, 3.63) is 139 Å². The second-order valence-corrected chi connectivity index (χ2v) is 24.2. The molecule has 5 aromatic carbocycles. The summed E-state index contributed by atoms with van der Waals surface area (Å²) in [6, 6.07) is 41.4. The van der Waals surface area contributed by atoms with Crippen LogP contribution in [0.2, 0.25) is 17.3 Å². The van der Waals surface area contributed by atoms with Crippen LogP contribution in [0.5, 0.6) is 0 Å². The molecule has 48 heavy (non-hydrogen) atoms. The average molecular weight is 869 g/mol. The largest absolute Gasteiger partial charge is 0.305 e. The van der Waals surface area contributed by atoms with E-state index in [0.29, 0.717) is 5.56 Å². The maximum Gasteiger partial charge on any atom is 0.0318 e. The monoisotopic (exact) mass is 870 g/mol. The first-order valence-electron chi connectivity index (χ1n) is 17.9. The Balaban J connectivity index is 0.000000211. The molecule has 0 fully saturated rings. The van der Waals surface area contributed by atoms with E-state index in [-0.39, 0.29) is 26.0 Å². The molecule has 0 N–H and O–H groups in total. The van der Waals surface area contributed by atoms with Gasteiger partial charge in [0.2, 0.25) is 0 Å². The van der Waals surface area contributed by atoms with Crippen LogP contribution in [0.15, 0.2) is 116 Å². The summed E-state index contributed by atoms with van der Waals surface area (Å²) in [4.78, 5) is 9.16. The maximum atomic E-state index is 8.44. The molecule has 0 spiro atoms. The molecular weight excluding hydrogens is 821 g/mol. The van der Waals surface area contributed by atoms with Crippen molar-refractivity contribution < 1.29 is 24.2 Å². The molecule has 0 amide bonds. The smallest absolute Gasteiger partial charge is 0.0318 e. The summed E-state index contributed by atoms with van der Waals surface area (Å²) >= 11 is -2.03. The van der Waals surface area contributed by atoms with Crippen molar-refractivity contribution in [1.82, 2.24) is 9.97 Å². The van der Waals surface area contributed by atoms with Gasteiger partial charge in [0, 0.05) is 29.0 Å². The van der Waals surface area contributed by atoms with Gasteiger partial charge in [0.25, 0.3) is 0 Å². The first-order chi connectivity index (χ1) is 23.7. The topological polar surface area (TPSA) is 25.8 Å². The molecule has 0 aliphatic rings. The molecule has 4 heteroatoms. The van der Waals surface area contributed by atoms with E-state index in [0.717, 1.165) is 33.5 Å². The fraction of sp³-hybridized carbons (Fsp3) is 0.227. The van der Waals surface area contributed by atoms with Gasteiger partial charge < -0.3 is 4.98 Å². The number of rotatable bonds is 6. The Bertz CT molecular complexity index is 2270. The Labute approximate surface area is 307 Å². The number of hydrogen-bond acceptors (Lipinski definition) is 2. The molecule has 0 bridgehead atoms. The van der Waals surface area contributed by atoms with E-state index >= 15 is 0 Å². The standard InChI is InChI=1S/C27H22N.C17H22GeN.Ir/c1-18(2)15-19-13-14-28-27(16-19)20-11-12-25-23-9-4-3-7-21(23)22-8-5-6-10-24(22)26(25)17-20;1-13(2)15-11-17(14-9-7-6-8-10-14)19-12-16(15)18(3,4)5;/h3-10,12-14,16-18H,15H2,1-2H3;6-9,11-13H,1-5H3;/q2*-1;/i15D2;13D;. The van der Waals surface area contributed by atoms with Crippen LogP contribution in [-0.2, 0) is 26.5 Å². The van der Waals surface area contributed by atoms with Crippen LogP contribution in [0.1, 0.15) is 48.8 Å². The minimum Gasteiger partial charge on any atom is -0.305 e. The molecule has 0 atom stereocenters. The van der Waals surface area contributed by atoms with Crippen LogP contribution in [0.4, 0.5) is 0 Å². The van der Waals surface area contributed by atoms with Gasteiger partial charge >= 0.3 is 120 Å². The zero-order valence-corrected chi connectivity index (χ0v) is 33.3. The molecule has 0 unspecified atom stereocenters. The van der Waals surface area contributed by atoms with Gasteiger partial charge in [0.05, 0.1) is 0 Å². The van der Waals surface area contributed by atoms with Gasteiger partial charge in [-0.15, -0.1) is 23.8 Å². The van der Waals surface area contributed by atoms with Crippen molar-refractivity contribution in [2.75, 3.05) is 0 Å². The molecule has 0 saturated carbocycles. The summed E-state index contributed by atoms with van der Waals surface area (Å²) in [6.45, 7) is 7.72. The van der Waals surface area contributed by atoms with Crippen molar-refractivity contribution >= 4 is 50.0 Å². The molecule has 0 aliphatic heterocycles. The van der Waals surface area contributed by atoms with E-state index in [9.17, 15) is 0 Å². The Morgan fingerprint density at radius 3 is 1.88 bits per heavy atom.